The van der Waals surface area contributed by atoms with Gasteiger partial charge in [-0.3, -0.25) is 4.55 Å². The summed E-state index contributed by atoms with van der Waals surface area (Å²) in [6.45, 7) is 3.28. The van der Waals surface area contributed by atoms with Crippen LogP contribution >= 0.6 is 0 Å². The van der Waals surface area contributed by atoms with Crippen LogP contribution in [0.4, 0.5) is 0 Å². The van der Waals surface area contributed by atoms with Crippen molar-refractivity contribution in [2.75, 3.05) is 13.2 Å². The Morgan fingerprint density at radius 2 is 2.29 bits per heavy atom. The van der Waals surface area contributed by atoms with Crippen LogP contribution in [-0.4, -0.2) is 30.8 Å². The molecular weight excluding hydrogens is 206 g/mol. The molecule has 0 bridgehead atoms. The van der Waals surface area contributed by atoms with E-state index in [4.69, 9.17) is 9.29 Å². The molecule has 0 aliphatic carbocycles. The number of ether oxygens (including phenoxy) is 1. The third-order valence-electron chi connectivity index (χ3n) is 1.73. The van der Waals surface area contributed by atoms with E-state index in [0.717, 1.165) is 0 Å². The summed E-state index contributed by atoms with van der Waals surface area (Å²) in [5.41, 5.74) is 0. The lowest BCUT2D eigenvalue weighted by Gasteiger charge is -2.06. The van der Waals surface area contributed by atoms with Gasteiger partial charge in [-0.25, -0.2) is 0 Å². The van der Waals surface area contributed by atoms with E-state index in [9.17, 15) is 8.42 Å². The highest BCUT2D eigenvalue weighted by Crippen LogP contribution is 2.09. The predicted molar refractivity (Wildman–Crippen MR) is 50.7 cm³/mol. The molecule has 0 saturated carbocycles. The summed E-state index contributed by atoms with van der Waals surface area (Å²) >= 11 is 0. The molecule has 80 valence electrons. The van der Waals surface area contributed by atoms with Crippen molar-refractivity contribution in [3.05, 3.63) is 18.3 Å². The lowest BCUT2D eigenvalue weighted by Crippen LogP contribution is -2.11. The lowest BCUT2D eigenvalue weighted by atomic mass is 10.6. The number of hydrogen-bond acceptors (Lipinski definition) is 3. The first-order valence-corrected chi connectivity index (χ1v) is 5.70. The normalized spacial score (nSPS) is 11.9. The van der Waals surface area contributed by atoms with Crippen LogP contribution in [0.1, 0.15) is 6.92 Å². The highest BCUT2D eigenvalue weighted by molar-refractivity contribution is 7.85. The molecule has 0 fully saturated rings. The van der Waals surface area contributed by atoms with Gasteiger partial charge in [0.1, 0.15) is 0 Å². The highest BCUT2D eigenvalue weighted by Gasteiger charge is 2.13. The summed E-state index contributed by atoms with van der Waals surface area (Å²) in [4.78, 5) is 0. The Kier molecular flexibility index (Phi) is 3.68. The molecule has 0 aromatic carbocycles. The zero-order valence-corrected chi connectivity index (χ0v) is 8.70. The van der Waals surface area contributed by atoms with E-state index < -0.39 is 10.1 Å². The molecule has 0 amide bonds. The molecule has 1 rings (SSSR count). The molecule has 0 unspecified atom stereocenters. The molecule has 1 aromatic heterocycles. The maximum absolute atomic E-state index is 10.8. The molecule has 1 aromatic rings. The molecule has 1 heterocycles. The van der Waals surface area contributed by atoms with E-state index in [0.29, 0.717) is 19.8 Å². The van der Waals surface area contributed by atoms with Gasteiger partial charge in [0.25, 0.3) is 0 Å². The van der Waals surface area contributed by atoms with E-state index in [-0.39, 0.29) is 5.03 Å². The van der Waals surface area contributed by atoms with Crippen LogP contribution in [0.5, 0.6) is 0 Å². The van der Waals surface area contributed by atoms with Gasteiger partial charge in [0, 0.05) is 19.3 Å². The van der Waals surface area contributed by atoms with Crippen molar-refractivity contribution < 1.29 is 17.7 Å². The van der Waals surface area contributed by atoms with Crippen LogP contribution in [0, 0.1) is 0 Å². The van der Waals surface area contributed by atoms with Crippen molar-refractivity contribution in [1.82, 2.24) is 4.57 Å². The fourth-order valence-corrected chi connectivity index (χ4v) is 1.82. The average Bonchev–Trinajstić information content (AvgIpc) is 2.52. The van der Waals surface area contributed by atoms with E-state index >= 15 is 0 Å². The Bertz CT molecular complexity index is 382. The fraction of sp³-hybridized carbons (Fsp3) is 0.500. The summed E-state index contributed by atoms with van der Waals surface area (Å²) in [6, 6.07) is 2.91. The van der Waals surface area contributed by atoms with Crippen LogP contribution in [0.2, 0.25) is 0 Å². The second kappa shape index (κ2) is 4.59. The Morgan fingerprint density at radius 1 is 1.57 bits per heavy atom. The number of rotatable bonds is 5. The van der Waals surface area contributed by atoms with Gasteiger partial charge in [-0.15, -0.1) is 0 Å². The van der Waals surface area contributed by atoms with Gasteiger partial charge < -0.3 is 9.30 Å². The Morgan fingerprint density at radius 3 is 2.86 bits per heavy atom. The maximum Gasteiger partial charge on any atom is 0.310 e. The quantitative estimate of drug-likeness (QED) is 0.586. The Labute approximate surface area is 83.1 Å². The molecule has 0 aliphatic rings. The van der Waals surface area contributed by atoms with Crippen molar-refractivity contribution >= 4 is 10.1 Å². The Balaban J connectivity index is 2.74. The summed E-state index contributed by atoms with van der Waals surface area (Å²) < 4.78 is 37.0. The molecule has 0 radical (unpaired) electrons. The topological polar surface area (TPSA) is 68.5 Å². The molecule has 5 nitrogen and oxygen atoms in total. The van der Waals surface area contributed by atoms with E-state index in [1.165, 1.54) is 10.6 Å². The average molecular weight is 219 g/mol. The molecule has 14 heavy (non-hydrogen) atoms. The van der Waals surface area contributed by atoms with Crippen molar-refractivity contribution in [3.8, 4) is 0 Å². The molecule has 0 aliphatic heterocycles. The van der Waals surface area contributed by atoms with Crippen molar-refractivity contribution in [2.45, 2.75) is 18.5 Å². The summed E-state index contributed by atoms with van der Waals surface area (Å²) in [7, 11) is -4.12. The van der Waals surface area contributed by atoms with Crippen molar-refractivity contribution in [2.24, 2.45) is 0 Å². The summed E-state index contributed by atoms with van der Waals surface area (Å²) in [5.74, 6) is 0. The molecule has 1 N–H and O–H groups in total. The first kappa shape index (κ1) is 11.2. The second-order valence-electron chi connectivity index (χ2n) is 2.71. The molecule has 0 saturated heterocycles. The summed E-state index contributed by atoms with van der Waals surface area (Å²) in [5, 5.41) is -0.0998. The fourth-order valence-electron chi connectivity index (χ4n) is 1.12. The van der Waals surface area contributed by atoms with Crippen LogP contribution in [-0.2, 0) is 21.4 Å². The molecule has 0 atom stereocenters. The molecular formula is C8H13NO4S. The molecule has 6 heteroatoms. The van der Waals surface area contributed by atoms with Gasteiger partial charge in [-0.1, -0.05) is 0 Å². The van der Waals surface area contributed by atoms with E-state index in [1.807, 2.05) is 6.92 Å². The third kappa shape index (κ3) is 2.83. The number of hydrogen-bond donors (Lipinski definition) is 1. The second-order valence-corrected chi connectivity index (χ2v) is 4.08. The monoisotopic (exact) mass is 219 g/mol. The SMILES string of the molecule is CCOCCn1cccc1S(=O)(=O)O. The highest BCUT2D eigenvalue weighted by atomic mass is 32.2. The van der Waals surface area contributed by atoms with Gasteiger partial charge in [-0.05, 0) is 19.1 Å². The minimum absolute atomic E-state index is 0.0998. The minimum Gasteiger partial charge on any atom is -0.380 e. The van der Waals surface area contributed by atoms with E-state index in [2.05, 4.69) is 0 Å². The smallest absolute Gasteiger partial charge is 0.310 e. The van der Waals surface area contributed by atoms with Crippen LogP contribution < -0.4 is 0 Å². The van der Waals surface area contributed by atoms with Crippen LogP contribution in [0.15, 0.2) is 23.4 Å². The van der Waals surface area contributed by atoms with Gasteiger partial charge in [0.15, 0.2) is 5.03 Å². The van der Waals surface area contributed by atoms with Crippen molar-refractivity contribution in [3.63, 3.8) is 0 Å². The predicted octanol–water partition coefficient (Wildman–Crippen LogP) is 0.771. The maximum atomic E-state index is 10.8. The van der Waals surface area contributed by atoms with Gasteiger partial charge in [0.2, 0.25) is 0 Å². The largest absolute Gasteiger partial charge is 0.380 e. The van der Waals surface area contributed by atoms with Gasteiger partial charge in [0.05, 0.1) is 6.61 Å². The number of aromatic nitrogens is 1. The molecule has 0 spiro atoms. The van der Waals surface area contributed by atoms with Gasteiger partial charge >= 0.3 is 10.1 Å². The Hall–Kier alpha value is -0.850. The first-order valence-electron chi connectivity index (χ1n) is 4.26. The standard InChI is InChI=1S/C8H13NO4S/c1-2-13-7-6-9-5-3-4-8(9)14(10,11)12/h3-5H,2,6-7H2,1H3,(H,10,11,12). The zero-order valence-electron chi connectivity index (χ0n) is 7.88. The lowest BCUT2D eigenvalue weighted by molar-refractivity contribution is 0.137. The first-order chi connectivity index (χ1) is 6.55. The van der Waals surface area contributed by atoms with Crippen molar-refractivity contribution in [1.29, 1.82) is 0 Å². The van der Waals surface area contributed by atoms with Crippen LogP contribution in [0.25, 0.3) is 0 Å². The van der Waals surface area contributed by atoms with Crippen LogP contribution in [0.3, 0.4) is 0 Å². The zero-order chi connectivity index (χ0) is 10.6. The van der Waals surface area contributed by atoms with E-state index in [1.54, 1.807) is 12.3 Å². The van der Waals surface area contributed by atoms with Gasteiger partial charge in [-0.2, -0.15) is 8.42 Å². The third-order valence-corrected chi connectivity index (χ3v) is 2.63. The summed E-state index contributed by atoms with van der Waals surface area (Å²) in [6.07, 6.45) is 1.59. The number of nitrogens with zero attached hydrogens (tertiary/aromatic N) is 1. The minimum atomic E-state index is -4.12.